The van der Waals surface area contributed by atoms with Crippen molar-refractivity contribution in [3.63, 3.8) is 0 Å². The number of rotatable bonds is 8. The van der Waals surface area contributed by atoms with Crippen LogP contribution in [0.3, 0.4) is 0 Å². The van der Waals surface area contributed by atoms with Crippen molar-refractivity contribution in [2.75, 3.05) is 5.75 Å². The molecular formula is C13H18ClNO3S2. The first-order chi connectivity index (χ1) is 9.38. The van der Waals surface area contributed by atoms with E-state index in [2.05, 4.69) is 5.32 Å². The number of hydrogen-bond acceptors (Lipinski definition) is 4. The molecule has 1 atom stereocenters. The van der Waals surface area contributed by atoms with E-state index >= 15 is 0 Å². The van der Waals surface area contributed by atoms with Crippen LogP contribution in [0.2, 0.25) is 4.34 Å². The van der Waals surface area contributed by atoms with Gasteiger partial charge in [0.1, 0.15) is 6.04 Å². The number of halogens is 1. The lowest BCUT2D eigenvalue weighted by molar-refractivity contribution is -0.141. The molecule has 2 N–H and O–H groups in total. The van der Waals surface area contributed by atoms with Gasteiger partial charge in [0, 0.05) is 10.6 Å². The van der Waals surface area contributed by atoms with E-state index in [1.165, 1.54) is 23.1 Å². The standard InChI is InChI=1S/C13H18ClNO3S2/c1-8(2)5-10(13(17)18)15-12(16)7-19-6-9-3-4-11(14)20-9/h3-4,8,10H,5-7H2,1-2H3,(H,15,16)(H,17,18)/t10-/m1/s1. The summed E-state index contributed by atoms with van der Waals surface area (Å²) in [5.41, 5.74) is 0. The van der Waals surface area contributed by atoms with Crippen LogP contribution in [0.5, 0.6) is 0 Å². The zero-order valence-corrected chi connectivity index (χ0v) is 13.8. The predicted molar refractivity (Wildman–Crippen MR) is 84.5 cm³/mol. The predicted octanol–water partition coefficient (Wildman–Crippen LogP) is 3.25. The molecule has 1 aromatic rings. The van der Waals surface area contributed by atoms with Crippen molar-refractivity contribution >= 4 is 46.6 Å². The van der Waals surface area contributed by atoms with Gasteiger partial charge < -0.3 is 10.4 Å². The summed E-state index contributed by atoms with van der Waals surface area (Å²) in [5.74, 6) is -0.0606. The molecule has 20 heavy (non-hydrogen) atoms. The number of aliphatic carboxylic acids is 1. The van der Waals surface area contributed by atoms with Crippen LogP contribution in [0.25, 0.3) is 0 Å². The summed E-state index contributed by atoms with van der Waals surface area (Å²) in [7, 11) is 0. The molecular weight excluding hydrogens is 318 g/mol. The summed E-state index contributed by atoms with van der Waals surface area (Å²) in [4.78, 5) is 23.9. The molecule has 1 rings (SSSR count). The maximum atomic E-state index is 11.7. The average Bonchev–Trinajstić information content (AvgIpc) is 2.73. The molecule has 1 aromatic heterocycles. The summed E-state index contributed by atoms with van der Waals surface area (Å²) in [6.07, 6.45) is 0.437. The number of nitrogens with one attached hydrogen (secondary N) is 1. The molecule has 0 aliphatic heterocycles. The highest BCUT2D eigenvalue weighted by atomic mass is 35.5. The van der Waals surface area contributed by atoms with Crippen molar-refractivity contribution in [2.45, 2.75) is 32.1 Å². The van der Waals surface area contributed by atoms with Crippen molar-refractivity contribution < 1.29 is 14.7 Å². The Morgan fingerprint density at radius 2 is 2.15 bits per heavy atom. The Morgan fingerprint density at radius 1 is 1.45 bits per heavy atom. The van der Waals surface area contributed by atoms with Gasteiger partial charge in [-0.15, -0.1) is 23.1 Å². The van der Waals surface area contributed by atoms with Crippen LogP contribution in [0.1, 0.15) is 25.1 Å². The second kappa shape index (κ2) is 8.54. The lowest BCUT2D eigenvalue weighted by Crippen LogP contribution is -2.42. The topological polar surface area (TPSA) is 66.4 Å². The van der Waals surface area contributed by atoms with Gasteiger partial charge in [0.25, 0.3) is 0 Å². The molecule has 0 unspecified atom stereocenters. The quantitative estimate of drug-likeness (QED) is 0.765. The minimum absolute atomic E-state index is 0.220. The highest BCUT2D eigenvalue weighted by Crippen LogP contribution is 2.25. The van der Waals surface area contributed by atoms with E-state index in [1.807, 2.05) is 26.0 Å². The molecule has 1 heterocycles. The third kappa shape index (κ3) is 6.63. The number of carbonyl (C=O) groups excluding carboxylic acids is 1. The number of thioether (sulfide) groups is 1. The van der Waals surface area contributed by atoms with E-state index in [0.29, 0.717) is 12.2 Å². The van der Waals surface area contributed by atoms with Crippen molar-refractivity contribution in [3.05, 3.63) is 21.3 Å². The van der Waals surface area contributed by atoms with Gasteiger partial charge in [0.15, 0.2) is 0 Å². The fourth-order valence-corrected chi connectivity index (χ4v) is 3.64. The normalized spacial score (nSPS) is 12.4. The van der Waals surface area contributed by atoms with Crippen LogP contribution in [0.15, 0.2) is 12.1 Å². The average molecular weight is 336 g/mol. The first kappa shape index (κ1) is 17.3. The van der Waals surface area contributed by atoms with Crippen molar-refractivity contribution in [2.24, 2.45) is 5.92 Å². The fourth-order valence-electron chi connectivity index (χ4n) is 1.60. The van der Waals surface area contributed by atoms with Gasteiger partial charge >= 0.3 is 5.97 Å². The summed E-state index contributed by atoms with van der Waals surface area (Å²) in [6, 6.07) is 2.95. The van der Waals surface area contributed by atoms with Crippen molar-refractivity contribution in [3.8, 4) is 0 Å². The Hall–Kier alpha value is -0.720. The maximum absolute atomic E-state index is 11.7. The molecule has 0 bridgehead atoms. The summed E-state index contributed by atoms with van der Waals surface area (Å²) in [5, 5.41) is 11.6. The summed E-state index contributed by atoms with van der Waals surface area (Å²) >= 11 is 8.75. The number of thiophene rings is 1. The fraction of sp³-hybridized carbons (Fsp3) is 0.538. The zero-order chi connectivity index (χ0) is 15.1. The first-order valence-electron chi connectivity index (χ1n) is 6.22. The van der Waals surface area contributed by atoms with Gasteiger partial charge in [0.05, 0.1) is 10.1 Å². The molecule has 0 saturated carbocycles. The van der Waals surface area contributed by atoms with E-state index in [4.69, 9.17) is 16.7 Å². The highest BCUT2D eigenvalue weighted by molar-refractivity contribution is 7.99. The van der Waals surface area contributed by atoms with Crippen LogP contribution in [0, 0.1) is 5.92 Å². The number of amides is 1. The van der Waals surface area contributed by atoms with Crippen molar-refractivity contribution in [1.29, 1.82) is 0 Å². The smallest absolute Gasteiger partial charge is 0.326 e. The zero-order valence-electron chi connectivity index (χ0n) is 11.4. The lowest BCUT2D eigenvalue weighted by atomic mass is 10.0. The Labute approximate surface area is 131 Å². The van der Waals surface area contributed by atoms with Gasteiger partial charge in [-0.2, -0.15) is 0 Å². The first-order valence-corrected chi connectivity index (χ1v) is 8.57. The van der Waals surface area contributed by atoms with E-state index < -0.39 is 12.0 Å². The van der Waals surface area contributed by atoms with E-state index in [9.17, 15) is 9.59 Å². The largest absolute Gasteiger partial charge is 0.480 e. The molecule has 0 fully saturated rings. The Morgan fingerprint density at radius 3 is 2.65 bits per heavy atom. The number of carboxylic acid groups (broad SMARTS) is 1. The molecule has 1 amide bonds. The highest BCUT2D eigenvalue weighted by Gasteiger charge is 2.20. The monoisotopic (exact) mass is 335 g/mol. The van der Waals surface area contributed by atoms with Gasteiger partial charge in [0.2, 0.25) is 5.91 Å². The van der Waals surface area contributed by atoms with Crippen molar-refractivity contribution in [1.82, 2.24) is 5.32 Å². The minimum atomic E-state index is -0.984. The molecule has 7 heteroatoms. The molecule has 0 saturated heterocycles. The van der Waals surface area contributed by atoms with Crippen LogP contribution in [0.4, 0.5) is 0 Å². The van der Waals surface area contributed by atoms with E-state index in [1.54, 1.807) is 0 Å². The van der Waals surface area contributed by atoms with E-state index in [0.717, 1.165) is 9.21 Å². The number of carbonyl (C=O) groups is 2. The molecule has 0 aliphatic carbocycles. The Kier molecular flexibility index (Phi) is 7.40. The second-order valence-corrected chi connectivity index (χ2v) is 7.57. The van der Waals surface area contributed by atoms with E-state index in [-0.39, 0.29) is 17.6 Å². The Balaban J connectivity index is 2.32. The van der Waals surface area contributed by atoms with Gasteiger partial charge in [-0.1, -0.05) is 25.4 Å². The molecule has 0 aromatic carbocycles. The molecule has 0 spiro atoms. The minimum Gasteiger partial charge on any atom is -0.480 e. The van der Waals surface area contributed by atoms with Crippen LogP contribution in [-0.2, 0) is 15.3 Å². The third-order valence-corrected chi connectivity index (χ3v) is 4.84. The van der Waals surface area contributed by atoms with Gasteiger partial charge in [-0.05, 0) is 24.5 Å². The third-order valence-electron chi connectivity index (χ3n) is 2.45. The summed E-state index contributed by atoms with van der Waals surface area (Å²) < 4.78 is 0.730. The SMILES string of the molecule is CC(C)C[C@@H](NC(=O)CSCc1ccc(Cl)s1)C(=O)O. The molecule has 0 radical (unpaired) electrons. The molecule has 0 aliphatic rings. The van der Waals surface area contributed by atoms with Gasteiger partial charge in [-0.3, -0.25) is 4.79 Å². The lowest BCUT2D eigenvalue weighted by Gasteiger charge is -2.16. The number of carboxylic acids is 1. The molecule has 112 valence electrons. The second-order valence-electron chi connectivity index (χ2n) is 4.79. The Bertz CT molecular complexity index is 462. The maximum Gasteiger partial charge on any atom is 0.326 e. The van der Waals surface area contributed by atoms with Gasteiger partial charge in [-0.25, -0.2) is 4.79 Å². The number of hydrogen-bond donors (Lipinski definition) is 2. The molecule has 4 nitrogen and oxygen atoms in total. The summed E-state index contributed by atoms with van der Waals surface area (Å²) in [6.45, 7) is 3.86. The van der Waals surface area contributed by atoms with Crippen LogP contribution >= 0.6 is 34.7 Å². The van der Waals surface area contributed by atoms with Crippen LogP contribution in [-0.4, -0.2) is 28.8 Å². The van der Waals surface area contributed by atoms with Crippen LogP contribution < -0.4 is 5.32 Å².